The van der Waals surface area contributed by atoms with E-state index in [4.69, 9.17) is 21.1 Å². The third-order valence-corrected chi connectivity index (χ3v) is 14.7. The number of hydrogen-bond donors (Lipinski definition) is 2. The number of imide groups is 1. The van der Waals surface area contributed by atoms with Gasteiger partial charge in [0.05, 0.1) is 30.0 Å². The van der Waals surface area contributed by atoms with E-state index in [1.54, 1.807) is 45.9 Å². The van der Waals surface area contributed by atoms with Crippen molar-refractivity contribution >= 4 is 66.0 Å². The van der Waals surface area contributed by atoms with Crippen molar-refractivity contribution in [2.75, 3.05) is 33.1 Å². The summed E-state index contributed by atoms with van der Waals surface area (Å²) < 4.78 is 66.9. The van der Waals surface area contributed by atoms with Crippen LogP contribution in [0, 0.1) is 11.3 Å². The molecule has 308 valence electrons. The number of rotatable bonds is 13. The van der Waals surface area contributed by atoms with Crippen LogP contribution in [0.15, 0.2) is 66.2 Å². The summed E-state index contributed by atoms with van der Waals surface area (Å²) in [5.41, 5.74) is -2.43. The monoisotopic (exact) mass is 844 g/mol. The Kier molecular flexibility index (Phi) is 11.4. The number of benzene rings is 2. The molecule has 4 amide bonds. The molecule has 5 atom stereocenters. The number of likely N-dealkylation sites (tertiary alicyclic amines) is 1. The molecule has 57 heavy (non-hydrogen) atoms. The van der Waals surface area contributed by atoms with Crippen LogP contribution in [0.1, 0.15) is 53.4 Å². The fraction of sp³-hybridized carbons (Fsp3) is 0.487. The molecule has 15 nitrogen and oxygen atoms in total. The molecule has 2 aromatic carbocycles. The predicted octanol–water partition coefficient (Wildman–Crippen LogP) is 5.02. The van der Waals surface area contributed by atoms with Crippen LogP contribution in [0.5, 0.6) is 11.6 Å². The maximum atomic E-state index is 15.2. The number of nitrogens with zero attached hydrogens (tertiary/aromatic N) is 4. The molecule has 3 fully saturated rings. The first-order valence-corrected chi connectivity index (χ1v) is 21.9. The highest BCUT2D eigenvalue weighted by Gasteiger charge is 2.68. The van der Waals surface area contributed by atoms with E-state index < -0.39 is 78.2 Å². The average Bonchev–Trinajstić information content (AvgIpc) is 4.08. The molecule has 3 aliphatic rings. The molecular formula is C39H49ClN6O9S2. The molecule has 1 aromatic heterocycles. The lowest BCUT2D eigenvalue weighted by atomic mass is 9.85. The van der Waals surface area contributed by atoms with Gasteiger partial charge in [-0.3, -0.25) is 14.3 Å². The van der Waals surface area contributed by atoms with E-state index in [-0.39, 0.29) is 23.7 Å². The number of sulfonamides is 2. The second-order valence-electron chi connectivity index (χ2n) is 16.2. The van der Waals surface area contributed by atoms with Crippen LogP contribution >= 0.6 is 11.6 Å². The first kappa shape index (κ1) is 42.2. The van der Waals surface area contributed by atoms with E-state index in [1.807, 2.05) is 0 Å². The van der Waals surface area contributed by atoms with Gasteiger partial charge < -0.3 is 19.7 Å². The van der Waals surface area contributed by atoms with Gasteiger partial charge in [0, 0.05) is 54.0 Å². The minimum absolute atomic E-state index is 0.00575. The van der Waals surface area contributed by atoms with E-state index in [2.05, 4.69) is 21.6 Å². The number of fused-ring (bicyclic) bond motifs is 1. The number of urea groups is 1. The van der Waals surface area contributed by atoms with Gasteiger partial charge in [-0.05, 0) is 74.1 Å². The zero-order valence-corrected chi connectivity index (χ0v) is 35.4. The molecule has 2 saturated carbocycles. The molecule has 1 saturated heterocycles. The van der Waals surface area contributed by atoms with Gasteiger partial charge in [-0.15, -0.1) is 6.58 Å². The van der Waals surface area contributed by atoms with Crippen molar-refractivity contribution in [3.05, 3.63) is 66.3 Å². The molecule has 3 aromatic rings. The van der Waals surface area contributed by atoms with Gasteiger partial charge in [0.25, 0.3) is 11.8 Å². The smallest absolute Gasteiger partial charge is 0.328 e. The fourth-order valence-electron chi connectivity index (χ4n) is 7.23. The van der Waals surface area contributed by atoms with Crippen molar-refractivity contribution in [2.24, 2.45) is 11.3 Å². The van der Waals surface area contributed by atoms with E-state index in [1.165, 1.54) is 62.6 Å². The molecule has 1 unspecified atom stereocenters. The Morgan fingerprint density at radius 3 is 2.30 bits per heavy atom. The zero-order valence-electron chi connectivity index (χ0n) is 33.0. The molecule has 2 N–H and O–H groups in total. The van der Waals surface area contributed by atoms with Crippen molar-refractivity contribution < 1.29 is 40.7 Å². The summed E-state index contributed by atoms with van der Waals surface area (Å²) in [7, 11) is -3.45. The molecule has 0 spiro atoms. The fourth-order valence-corrected chi connectivity index (χ4v) is 9.67. The number of carbonyl (C=O) groups is 3. The second kappa shape index (κ2) is 15.4. The highest BCUT2D eigenvalue weighted by molar-refractivity contribution is 7.91. The van der Waals surface area contributed by atoms with Crippen LogP contribution in [-0.2, 0) is 29.6 Å². The van der Waals surface area contributed by atoms with Gasteiger partial charge in [-0.25, -0.2) is 35.8 Å². The maximum Gasteiger partial charge on any atom is 0.328 e. The lowest BCUT2D eigenvalue weighted by Crippen LogP contribution is -2.64. The number of carbonyl (C=O) groups excluding carboxylic acids is 3. The highest BCUT2D eigenvalue weighted by atomic mass is 35.5. The summed E-state index contributed by atoms with van der Waals surface area (Å²) in [6, 6.07) is 8.58. The third-order valence-electron chi connectivity index (χ3n) is 10.8. The standard InChI is InChI=1S/C39H49ClN6O9S2/c1-9-24-20-39(24,36(48)43-56(50,51)28-15-16-28)46(35(47)33(38(3,4)5)42-26-11-13-29(14-12-26)57(52,53)44(6)7)37(49)45-22-27(18-23(45)2)55-34-31-19-25(40)10-17-30(31)32(54-8)21-41-34/h9-14,17,19,21,23-24,27-28,33,42H,1,15-16,18,20,22H2,2-8H3,(H,43,48)/t23?,24-,27-,33+,39-/m1/s1. The average molecular weight is 845 g/mol. The maximum absolute atomic E-state index is 15.2. The Balaban J connectivity index is 1.36. The Bertz CT molecular complexity index is 2310. The number of anilines is 1. The lowest BCUT2D eigenvalue weighted by molar-refractivity contribution is -0.141. The van der Waals surface area contributed by atoms with Gasteiger partial charge >= 0.3 is 6.03 Å². The Hall–Kier alpha value is -4.45. The van der Waals surface area contributed by atoms with Crippen molar-refractivity contribution in [3.8, 4) is 11.6 Å². The van der Waals surface area contributed by atoms with Gasteiger partial charge in [-0.1, -0.05) is 38.4 Å². The Morgan fingerprint density at radius 1 is 1.07 bits per heavy atom. The highest BCUT2D eigenvalue weighted by Crippen LogP contribution is 2.52. The second-order valence-corrected chi connectivity index (χ2v) is 20.7. The predicted molar refractivity (Wildman–Crippen MR) is 216 cm³/mol. The number of pyridine rings is 1. The molecule has 0 radical (unpaired) electrons. The summed E-state index contributed by atoms with van der Waals surface area (Å²) >= 11 is 6.34. The van der Waals surface area contributed by atoms with Crippen LogP contribution in [0.25, 0.3) is 10.8 Å². The molecule has 1 aliphatic heterocycles. The molecule has 0 bridgehead atoms. The van der Waals surface area contributed by atoms with E-state index >= 15 is 9.59 Å². The summed E-state index contributed by atoms with van der Waals surface area (Å²) in [6.45, 7) is 11.0. The van der Waals surface area contributed by atoms with Crippen LogP contribution < -0.4 is 19.5 Å². The minimum atomic E-state index is -4.08. The van der Waals surface area contributed by atoms with Gasteiger partial charge in [-0.2, -0.15) is 0 Å². The number of ether oxygens (including phenoxy) is 2. The zero-order chi connectivity index (χ0) is 41.8. The number of methoxy groups -OCH3 is 1. The summed E-state index contributed by atoms with van der Waals surface area (Å²) in [5, 5.41) is 4.22. The number of aromatic nitrogens is 1. The van der Waals surface area contributed by atoms with Crippen molar-refractivity contribution in [3.63, 3.8) is 0 Å². The summed E-state index contributed by atoms with van der Waals surface area (Å²) in [6.07, 6.45) is 3.47. The topological polar surface area (TPSA) is 185 Å². The first-order valence-electron chi connectivity index (χ1n) is 18.6. The SMILES string of the molecule is C=C[C@@H]1C[C@@]1(C(=O)NS(=O)(=O)C1CC1)N(C(=O)[C@H](Nc1ccc(S(=O)(=O)N(C)C)cc1)C(C)(C)C)C(=O)N1C[C@H](Oc2ncc(OC)c3ccc(Cl)cc23)CC1C. The number of nitrogens with one attached hydrogen (secondary N) is 2. The number of amides is 4. The van der Waals surface area contributed by atoms with Crippen LogP contribution in [-0.4, -0.2) is 110 Å². The van der Waals surface area contributed by atoms with Crippen molar-refractivity contribution in [1.29, 1.82) is 0 Å². The third kappa shape index (κ3) is 8.16. The Labute approximate surface area is 338 Å². The molecule has 18 heteroatoms. The number of hydrogen-bond acceptors (Lipinski definition) is 11. The van der Waals surface area contributed by atoms with E-state index in [9.17, 15) is 21.6 Å². The quantitative estimate of drug-likeness (QED) is 0.220. The molecule has 6 rings (SSSR count). The van der Waals surface area contributed by atoms with E-state index in [0.29, 0.717) is 41.1 Å². The van der Waals surface area contributed by atoms with Crippen LogP contribution in [0.2, 0.25) is 5.02 Å². The van der Waals surface area contributed by atoms with Crippen LogP contribution in [0.4, 0.5) is 10.5 Å². The van der Waals surface area contributed by atoms with Gasteiger partial charge in [0.1, 0.15) is 23.4 Å². The van der Waals surface area contributed by atoms with Gasteiger partial charge in [0.2, 0.25) is 25.9 Å². The summed E-state index contributed by atoms with van der Waals surface area (Å²) in [4.78, 5) is 51.4. The van der Waals surface area contributed by atoms with Crippen LogP contribution in [0.3, 0.4) is 0 Å². The van der Waals surface area contributed by atoms with Gasteiger partial charge in [0.15, 0.2) is 0 Å². The molecular weight excluding hydrogens is 796 g/mol. The Morgan fingerprint density at radius 2 is 1.74 bits per heavy atom. The van der Waals surface area contributed by atoms with Crippen molar-refractivity contribution in [1.82, 2.24) is 23.8 Å². The first-order chi connectivity index (χ1) is 26.6. The minimum Gasteiger partial charge on any atom is -0.494 e. The normalized spacial score (nSPS) is 22.8. The van der Waals surface area contributed by atoms with E-state index in [0.717, 1.165) is 14.6 Å². The largest absolute Gasteiger partial charge is 0.494 e. The molecule has 2 aliphatic carbocycles. The molecule has 2 heterocycles. The van der Waals surface area contributed by atoms with Crippen molar-refractivity contribution in [2.45, 2.75) is 87.3 Å². The lowest BCUT2D eigenvalue weighted by Gasteiger charge is -2.40. The number of halogens is 1. The summed E-state index contributed by atoms with van der Waals surface area (Å²) in [5.74, 6) is -1.73.